The first-order chi connectivity index (χ1) is 9.53. The molecule has 2 aliphatic heterocycles. The number of rotatable bonds is 1. The Labute approximate surface area is 121 Å². The molecule has 0 bridgehead atoms. The quantitative estimate of drug-likeness (QED) is 0.852. The van der Waals surface area contributed by atoms with Gasteiger partial charge >= 0.3 is 0 Å². The summed E-state index contributed by atoms with van der Waals surface area (Å²) in [5, 5.41) is 3.64. The minimum atomic E-state index is 0.180. The van der Waals surface area contributed by atoms with Crippen molar-refractivity contribution >= 4 is 11.6 Å². The Hall–Kier alpha value is -1.51. The number of hydrogen-bond acceptors (Lipinski definition) is 2. The average molecular weight is 272 g/mol. The van der Waals surface area contributed by atoms with Gasteiger partial charge in [-0.05, 0) is 37.3 Å². The average Bonchev–Trinajstić information content (AvgIpc) is 2.72. The third-order valence-corrected chi connectivity index (χ3v) is 5.57. The molecule has 1 fully saturated rings. The topological polar surface area (TPSA) is 32.3 Å². The SMILES string of the molecule is CC(=O)N1CCC(C2(C)c3ccccc3NC2C)CC1. The number of carbonyl (C=O) groups is 1. The van der Waals surface area contributed by atoms with E-state index >= 15 is 0 Å². The lowest BCUT2D eigenvalue weighted by Crippen LogP contribution is -2.47. The molecule has 1 aromatic rings. The molecule has 3 rings (SSSR count). The van der Waals surface area contributed by atoms with Crippen molar-refractivity contribution < 1.29 is 4.79 Å². The maximum atomic E-state index is 11.5. The number of nitrogens with one attached hydrogen (secondary N) is 1. The first-order valence-electron chi connectivity index (χ1n) is 7.65. The van der Waals surface area contributed by atoms with Crippen LogP contribution in [0.15, 0.2) is 24.3 Å². The Morgan fingerprint density at radius 3 is 2.60 bits per heavy atom. The monoisotopic (exact) mass is 272 g/mol. The number of hydrogen-bond donors (Lipinski definition) is 1. The second-order valence-electron chi connectivity index (χ2n) is 6.47. The summed E-state index contributed by atoms with van der Waals surface area (Å²) in [6.45, 7) is 8.17. The lowest BCUT2D eigenvalue weighted by molar-refractivity contribution is -0.130. The third kappa shape index (κ3) is 1.91. The van der Waals surface area contributed by atoms with Crippen LogP contribution in [0.2, 0.25) is 0 Å². The summed E-state index contributed by atoms with van der Waals surface area (Å²) >= 11 is 0. The van der Waals surface area contributed by atoms with Gasteiger partial charge in [0.05, 0.1) is 0 Å². The summed E-state index contributed by atoms with van der Waals surface area (Å²) in [6, 6.07) is 9.14. The van der Waals surface area contributed by atoms with Crippen LogP contribution in [-0.2, 0) is 10.2 Å². The standard InChI is InChI=1S/C17H24N2O/c1-12-17(3,15-6-4-5-7-16(15)18-12)14-8-10-19(11-9-14)13(2)20/h4-7,12,14,18H,8-11H2,1-3H3. The van der Waals surface area contributed by atoms with E-state index in [1.54, 1.807) is 6.92 Å². The molecule has 1 N–H and O–H groups in total. The van der Waals surface area contributed by atoms with Crippen LogP contribution in [0, 0.1) is 5.92 Å². The molecule has 0 radical (unpaired) electrons. The van der Waals surface area contributed by atoms with E-state index in [-0.39, 0.29) is 11.3 Å². The third-order valence-electron chi connectivity index (χ3n) is 5.57. The van der Waals surface area contributed by atoms with E-state index in [0.717, 1.165) is 25.9 Å². The van der Waals surface area contributed by atoms with Gasteiger partial charge in [0.2, 0.25) is 5.91 Å². The maximum absolute atomic E-state index is 11.5. The molecular weight excluding hydrogens is 248 g/mol. The van der Waals surface area contributed by atoms with Crippen LogP contribution in [0.25, 0.3) is 0 Å². The van der Waals surface area contributed by atoms with E-state index in [0.29, 0.717) is 12.0 Å². The van der Waals surface area contributed by atoms with E-state index in [1.165, 1.54) is 11.3 Å². The second kappa shape index (κ2) is 4.80. The van der Waals surface area contributed by atoms with Gasteiger partial charge in [0.25, 0.3) is 0 Å². The molecule has 0 aliphatic carbocycles. The molecule has 108 valence electrons. The predicted molar refractivity (Wildman–Crippen MR) is 81.9 cm³/mol. The smallest absolute Gasteiger partial charge is 0.219 e. The first-order valence-corrected chi connectivity index (χ1v) is 7.65. The van der Waals surface area contributed by atoms with Gasteiger partial charge in [0.1, 0.15) is 0 Å². The zero-order valence-corrected chi connectivity index (χ0v) is 12.6. The van der Waals surface area contributed by atoms with Crippen molar-refractivity contribution in [2.75, 3.05) is 18.4 Å². The number of benzene rings is 1. The number of carbonyl (C=O) groups excluding carboxylic acids is 1. The van der Waals surface area contributed by atoms with E-state index in [4.69, 9.17) is 0 Å². The second-order valence-corrected chi connectivity index (χ2v) is 6.47. The summed E-state index contributed by atoms with van der Waals surface area (Å²) in [6.07, 6.45) is 2.22. The summed E-state index contributed by atoms with van der Waals surface area (Å²) in [5.41, 5.74) is 2.92. The molecule has 2 heterocycles. The molecule has 2 unspecified atom stereocenters. The highest BCUT2D eigenvalue weighted by atomic mass is 16.2. The molecule has 0 saturated carbocycles. The van der Waals surface area contributed by atoms with Crippen LogP contribution in [0.4, 0.5) is 5.69 Å². The molecule has 3 nitrogen and oxygen atoms in total. The fraction of sp³-hybridized carbons (Fsp3) is 0.588. The van der Waals surface area contributed by atoms with E-state index in [2.05, 4.69) is 43.4 Å². The summed E-state index contributed by atoms with van der Waals surface area (Å²) < 4.78 is 0. The Morgan fingerprint density at radius 2 is 1.95 bits per heavy atom. The van der Waals surface area contributed by atoms with Crippen LogP contribution in [0.5, 0.6) is 0 Å². The maximum Gasteiger partial charge on any atom is 0.219 e. The molecule has 20 heavy (non-hydrogen) atoms. The van der Waals surface area contributed by atoms with Crippen LogP contribution in [-0.4, -0.2) is 29.9 Å². The molecule has 3 heteroatoms. The summed E-state index contributed by atoms with van der Waals surface area (Å²) in [4.78, 5) is 13.5. The van der Waals surface area contributed by atoms with Crippen molar-refractivity contribution in [2.24, 2.45) is 5.92 Å². The fourth-order valence-electron chi connectivity index (χ4n) is 4.06. The Morgan fingerprint density at radius 1 is 1.30 bits per heavy atom. The molecule has 0 aromatic heterocycles. The Balaban J connectivity index is 1.85. The number of para-hydroxylation sites is 1. The zero-order chi connectivity index (χ0) is 14.3. The Bertz CT molecular complexity index is 519. The van der Waals surface area contributed by atoms with Gasteiger partial charge in [-0.25, -0.2) is 0 Å². The van der Waals surface area contributed by atoms with Gasteiger partial charge in [-0.15, -0.1) is 0 Å². The highest BCUT2D eigenvalue weighted by Gasteiger charge is 2.46. The van der Waals surface area contributed by atoms with Crippen molar-refractivity contribution in [3.8, 4) is 0 Å². The van der Waals surface area contributed by atoms with Crippen molar-refractivity contribution in [1.82, 2.24) is 4.90 Å². The van der Waals surface area contributed by atoms with Gasteiger partial charge < -0.3 is 10.2 Å². The van der Waals surface area contributed by atoms with E-state index in [9.17, 15) is 4.79 Å². The lowest BCUT2D eigenvalue weighted by Gasteiger charge is -2.43. The van der Waals surface area contributed by atoms with Crippen LogP contribution in [0.1, 0.15) is 39.2 Å². The fourth-order valence-corrected chi connectivity index (χ4v) is 4.06. The zero-order valence-electron chi connectivity index (χ0n) is 12.6. The highest BCUT2D eigenvalue weighted by molar-refractivity contribution is 5.73. The summed E-state index contributed by atoms with van der Waals surface area (Å²) in [5.74, 6) is 0.857. The number of likely N-dealkylation sites (tertiary alicyclic amines) is 1. The lowest BCUT2D eigenvalue weighted by atomic mass is 9.66. The minimum absolute atomic E-state index is 0.180. The number of anilines is 1. The van der Waals surface area contributed by atoms with E-state index < -0.39 is 0 Å². The Kier molecular flexibility index (Phi) is 3.23. The molecule has 1 amide bonds. The van der Waals surface area contributed by atoms with E-state index in [1.807, 2.05) is 4.90 Å². The van der Waals surface area contributed by atoms with Gasteiger partial charge in [-0.1, -0.05) is 25.1 Å². The van der Waals surface area contributed by atoms with Crippen molar-refractivity contribution in [3.63, 3.8) is 0 Å². The molecule has 2 atom stereocenters. The molecule has 2 aliphatic rings. The molecule has 0 spiro atoms. The number of piperidine rings is 1. The highest BCUT2D eigenvalue weighted by Crippen LogP contribution is 2.48. The largest absolute Gasteiger partial charge is 0.381 e. The van der Waals surface area contributed by atoms with Gasteiger partial charge in [-0.3, -0.25) is 4.79 Å². The molecule has 1 saturated heterocycles. The molecular formula is C17H24N2O. The van der Waals surface area contributed by atoms with Crippen LogP contribution >= 0.6 is 0 Å². The van der Waals surface area contributed by atoms with Crippen molar-refractivity contribution in [1.29, 1.82) is 0 Å². The predicted octanol–water partition coefficient (Wildman–Crippen LogP) is 3.02. The van der Waals surface area contributed by atoms with Gasteiger partial charge in [-0.2, -0.15) is 0 Å². The van der Waals surface area contributed by atoms with Crippen LogP contribution < -0.4 is 5.32 Å². The van der Waals surface area contributed by atoms with Gasteiger partial charge in [0, 0.05) is 37.2 Å². The molecule has 1 aromatic carbocycles. The van der Waals surface area contributed by atoms with Crippen LogP contribution in [0.3, 0.4) is 0 Å². The van der Waals surface area contributed by atoms with Crippen molar-refractivity contribution in [2.45, 2.75) is 45.1 Å². The number of fused-ring (bicyclic) bond motifs is 1. The van der Waals surface area contributed by atoms with Gasteiger partial charge in [0.15, 0.2) is 0 Å². The normalized spacial score (nSPS) is 29.9. The summed E-state index contributed by atoms with van der Waals surface area (Å²) in [7, 11) is 0. The van der Waals surface area contributed by atoms with Crippen molar-refractivity contribution in [3.05, 3.63) is 29.8 Å². The number of nitrogens with zero attached hydrogens (tertiary/aromatic N) is 1. The first kappa shape index (κ1) is 13.5. The number of amides is 1. The minimum Gasteiger partial charge on any atom is -0.381 e.